The molecule has 26 heavy (non-hydrogen) atoms. The fraction of sp³-hybridized carbons (Fsp3) is 0.579. The van der Waals surface area contributed by atoms with Gasteiger partial charge in [-0.2, -0.15) is 0 Å². The Balaban J connectivity index is 1.41. The first-order chi connectivity index (χ1) is 12.8. The highest BCUT2D eigenvalue weighted by Gasteiger charge is 2.36. The van der Waals surface area contributed by atoms with Gasteiger partial charge in [-0.05, 0) is 25.0 Å². The maximum Gasteiger partial charge on any atom is 0.225 e. The molecule has 2 saturated heterocycles. The molecule has 0 bridgehead atoms. The van der Waals surface area contributed by atoms with E-state index in [0.717, 1.165) is 56.3 Å². The Morgan fingerprint density at radius 3 is 2.77 bits per heavy atom. The van der Waals surface area contributed by atoms with Gasteiger partial charge in [-0.3, -0.25) is 9.20 Å². The molecule has 7 nitrogen and oxygen atoms in total. The number of hydrogen-bond acceptors (Lipinski definition) is 5. The lowest BCUT2D eigenvalue weighted by Gasteiger charge is -2.32. The van der Waals surface area contributed by atoms with E-state index in [0.29, 0.717) is 19.7 Å². The Morgan fingerprint density at radius 2 is 1.96 bits per heavy atom. The third-order valence-corrected chi connectivity index (χ3v) is 5.46. The van der Waals surface area contributed by atoms with Crippen LogP contribution in [0.15, 0.2) is 24.4 Å². The molecule has 0 spiro atoms. The highest BCUT2D eigenvalue weighted by Crippen LogP contribution is 2.33. The predicted molar refractivity (Wildman–Crippen MR) is 96.2 cm³/mol. The second-order valence-electron chi connectivity index (χ2n) is 7.30. The van der Waals surface area contributed by atoms with Crippen LogP contribution in [0.3, 0.4) is 0 Å². The summed E-state index contributed by atoms with van der Waals surface area (Å²) in [7, 11) is 0. The van der Waals surface area contributed by atoms with E-state index in [1.807, 2.05) is 17.0 Å². The minimum absolute atomic E-state index is 0.149. The van der Waals surface area contributed by atoms with Crippen LogP contribution in [0.1, 0.15) is 24.6 Å². The maximum absolute atomic E-state index is 12.4. The van der Waals surface area contributed by atoms with E-state index in [9.17, 15) is 4.79 Å². The number of fused-ring (bicyclic) bond motifs is 1. The van der Waals surface area contributed by atoms with E-state index in [1.54, 1.807) is 0 Å². The molecule has 5 rings (SSSR count). The summed E-state index contributed by atoms with van der Waals surface area (Å²) >= 11 is 0. The van der Waals surface area contributed by atoms with Gasteiger partial charge < -0.3 is 19.3 Å². The van der Waals surface area contributed by atoms with Crippen LogP contribution in [0.5, 0.6) is 0 Å². The largest absolute Gasteiger partial charge is 0.378 e. The Bertz CT molecular complexity index is 810. The number of aromatic nitrogens is 2. The molecule has 0 unspecified atom stereocenters. The first-order valence-corrected chi connectivity index (χ1v) is 9.51. The minimum Gasteiger partial charge on any atom is -0.378 e. The van der Waals surface area contributed by atoms with Gasteiger partial charge in [-0.1, -0.05) is 6.07 Å². The molecule has 3 fully saturated rings. The molecular weight excluding hydrogens is 332 g/mol. The average molecular weight is 356 g/mol. The second-order valence-corrected chi connectivity index (χ2v) is 7.30. The summed E-state index contributed by atoms with van der Waals surface area (Å²) in [6, 6.07) is 6.18. The van der Waals surface area contributed by atoms with Crippen LogP contribution >= 0.6 is 0 Å². The highest BCUT2D eigenvalue weighted by molar-refractivity contribution is 5.81. The number of carbonyl (C=O) groups excluding carboxylic acids is 1. The van der Waals surface area contributed by atoms with Crippen molar-refractivity contribution in [2.45, 2.75) is 18.9 Å². The molecule has 0 aromatic carbocycles. The van der Waals surface area contributed by atoms with Crippen molar-refractivity contribution >= 4 is 17.4 Å². The third kappa shape index (κ3) is 2.95. The van der Waals surface area contributed by atoms with E-state index in [2.05, 4.69) is 21.6 Å². The zero-order valence-corrected chi connectivity index (χ0v) is 14.8. The number of amides is 1. The molecule has 1 atom stereocenters. The molecule has 3 aliphatic rings. The van der Waals surface area contributed by atoms with Crippen LogP contribution in [0.2, 0.25) is 0 Å². The van der Waals surface area contributed by atoms with Crippen LogP contribution in [0, 0.1) is 5.92 Å². The Kier molecular flexibility index (Phi) is 4.05. The van der Waals surface area contributed by atoms with Crippen molar-refractivity contribution in [3.63, 3.8) is 0 Å². The highest BCUT2D eigenvalue weighted by atomic mass is 16.5. The number of pyridine rings is 1. The fourth-order valence-corrected chi connectivity index (χ4v) is 3.84. The van der Waals surface area contributed by atoms with Gasteiger partial charge in [0.05, 0.1) is 32.1 Å². The standard InChI is InChI=1S/C19H24N4O3/c24-19(14-4-5-14)22-8-11-26-16(13-22)15-12-23-17(20-15)2-1-3-18(23)21-6-9-25-10-7-21/h1-3,12,14,16H,4-11,13H2/t16-/m0/s1. The summed E-state index contributed by atoms with van der Waals surface area (Å²) in [4.78, 5) is 21.5. The smallest absolute Gasteiger partial charge is 0.225 e. The van der Waals surface area contributed by atoms with Crippen LogP contribution in [0.25, 0.3) is 5.65 Å². The van der Waals surface area contributed by atoms with Gasteiger partial charge in [-0.25, -0.2) is 4.98 Å². The third-order valence-electron chi connectivity index (χ3n) is 5.46. The number of imidazole rings is 1. The van der Waals surface area contributed by atoms with Crippen LogP contribution < -0.4 is 4.90 Å². The lowest BCUT2D eigenvalue weighted by Crippen LogP contribution is -2.43. The molecule has 0 N–H and O–H groups in total. The number of ether oxygens (including phenoxy) is 2. The lowest BCUT2D eigenvalue weighted by molar-refractivity contribution is -0.140. The van der Waals surface area contributed by atoms with Gasteiger partial charge in [0.25, 0.3) is 0 Å². The molecule has 7 heteroatoms. The molecule has 2 aromatic heterocycles. The maximum atomic E-state index is 12.4. The summed E-state index contributed by atoms with van der Waals surface area (Å²) in [5.41, 5.74) is 1.82. The monoisotopic (exact) mass is 356 g/mol. The zero-order chi connectivity index (χ0) is 17.5. The van der Waals surface area contributed by atoms with Gasteiger partial charge in [0, 0.05) is 31.7 Å². The molecule has 0 radical (unpaired) electrons. The number of carbonyl (C=O) groups is 1. The summed E-state index contributed by atoms with van der Waals surface area (Å²) in [5.74, 6) is 1.67. The summed E-state index contributed by atoms with van der Waals surface area (Å²) in [5, 5.41) is 0. The van der Waals surface area contributed by atoms with Crippen molar-refractivity contribution in [2.75, 3.05) is 50.9 Å². The van der Waals surface area contributed by atoms with Crippen molar-refractivity contribution in [2.24, 2.45) is 5.92 Å². The normalized spacial score (nSPS) is 24.2. The number of rotatable bonds is 3. The Morgan fingerprint density at radius 1 is 1.12 bits per heavy atom. The topological polar surface area (TPSA) is 59.3 Å². The Hall–Kier alpha value is -2.12. The van der Waals surface area contributed by atoms with Crippen molar-refractivity contribution in [3.8, 4) is 0 Å². The molecule has 1 amide bonds. The van der Waals surface area contributed by atoms with Crippen molar-refractivity contribution in [1.29, 1.82) is 0 Å². The zero-order valence-electron chi connectivity index (χ0n) is 14.8. The molecular formula is C19H24N4O3. The predicted octanol–water partition coefficient (Wildman–Crippen LogP) is 1.48. The summed E-state index contributed by atoms with van der Waals surface area (Å²) < 4.78 is 13.6. The first-order valence-electron chi connectivity index (χ1n) is 9.51. The van der Waals surface area contributed by atoms with Crippen molar-refractivity contribution in [1.82, 2.24) is 14.3 Å². The van der Waals surface area contributed by atoms with Crippen LogP contribution in [0.4, 0.5) is 5.82 Å². The number of anilines is 1. The first kappa shape index (κ1) is 16.1. The van der Waals surface area contributed by atoms with E-state index in [-0.39, 0.29) is 17.9 Å². The van der Waals surface area contributed by atoms with Gasteiger partial charge in [-0.15, -0.1) is 0 Å². The Labute approximate surface area is 152 Å². The van der Waals surface area contributed by atoms with Crippen LogP contribution in [-0.2, 0) is 14.3 Å². The molecule has 2 aliphatic heterocycles. The molecule has 4 heterocycles. The number of hydrogen-bond donors (Lipinski definition) is 0. The molecule has 1 saturated carbocycles. The molecule has 138 valence electrons. The van der Waals surface area contributed by atoms with Gasteiger partial charge in [0.1, 0.15) is 17.6 Å². The van der Waals surface area contributed by atoms with Gasteiger partial charge >= 0.3 is 0 Å². The van der Waals surface area contributed by atoms with E-state index in [1.165, 1.54) is 0 Å². The minimum atomic E-state index is -0.149. The van der Waals surface area contributed by atoms with Gasteiger partial charge in [0.2, 0.25) is 5.91 Å². The quantitative estimate of drug-likeness (QED) is 0.834. The second kappa shape index (κ2) is 6.55. The van der Waals surface area contributed by atoms with E-state index >= 15 is 0 Å². The van der Waals surface area contributed by atoms with E-state index < -0.39 is 0 Å². The SMILES string of the molecule is O=C(C1CC1)N1CCO[C@H](c2cn3c(N4CCOCC4)cccc3n2)C1. The van der Waals surface area contributed by atoms with Crippen molar-refractivity contribution < 1.29 is 14.3 Å². The average Bonchev–Trinajstić information content (AvgIpc) is 3.46. The molecule has 2 aromatic rings. The van der Waals surface area contributed by atoms with Crippen molar-refractivity contribution in [3.05, 3.63) is 30.1 Å². The fourth-order valence-electron chi connectivity index (χ4n) is 3.84. The number of morpholine rings is 2. The number of nitrogens with zero attached hydrogens (tertiary/aromatic N) is 4. The van der Waals surface area contributed by atoms with Gasteiger partial charge in [0.15, 0.2) is 0 Å². The lowest BCUT2D eigenvalue weighted by atomic mass is 10.2. The molecule has 1 aliphatic carbocycles. The summed E-state index contributed by atoms with van der Waals surface area (Å²) in [6.07, 6.45) is 4.00. The summed E-state index contributed by atoms with van der Waals surface area (Å²) in [6.45, 7) is 5.15. The van der Waals surface area contributed by atoms with E-state index in [4.69, 9.17) is 14.5 Å². The van der Waals surface area contributed by atoms with Crippen LogP contribution in [-0.4, -0.2) is 66.2 Å².